The Morgan fingerprint density at radius 2 is 1.88 bits per heavy atom. The van der Waals surface area contributed by atoms with Crippen molar-refractivity contribution in [2.45, 2.75) is 32.2 Å². The fourth-order valence-electron chi connectivity index (χ4n) is 3.73. The van der Waals surface area contributed by atoms with Crippen molar-refractivity contribution in [2.24, 2.45) is 0 Å². The number of hydrogen-bond acceptors (Lipinski definition) is 4. The summed E-state index contributed by atoms with van der Waals surface area (Å²) in [5.74, 6) is -0.745. The lowest BCUT2D eigenvalue weighted by Gasteiger charge is -2.21. The average Bonchev–Trinajstić information content (AvgIpc) is 3.30. The van der Waals surface area contributed by atoms with Crippen LogP contribution in [-0.4, -0.2) is 27.6 Å². The second-order valence-electron chi connectivity index (χ2n) is 8.05. The summed E-state index contributed by atoms with van der Waals surface area (Å²) in [5, 5.41) is 12.8. The highest BCUT2D eigenvalue weighted by Crippen LogP contribution is 2.28. The van der Waals surface area contributed by atoms with Gasteiger partial charge in [-0.1, -0.05) is 37.6 Å². The lowest BCUT2D eigenvalue weighted by atomic mass is 9.92. The molecule has 9 heteroatoms. The van der Waals surface area contributed by atoms with Crippen LogP contribution < -0.4 is 16.0 Å². The van der Waals surface area contributed by atoms with E-state index in [1.54, 1.807) is 48.0 Å². The Labute approximate surface area is 190 Å². The number of aromatic nitrogens is 2. The van der Waals surface area contributed by atoms with Gasteiger partial charge in [0, 0.05) is 10.7 Å². The van der Waals surface area contributed by atoms with Crippen molar-refractivity contribution >= 4 is 35.1 Å². The molecule has 0 aliphatic carbocycles. The summed E-state index contributed by atoms with van der Waals surface area (Å²) in [4.78, 5) is 37.0. The molecule has 164 valence electrons. The molecule has 1 saturated heterocycles. The summed E-state index contributed by atoms with van der Waals surface area (Å²) >= 11 is 5.99. The number of carbonyl (C=O) groups excluding carboxylic acids is 3. The summed E-state index contributed by atoms with van der Waals surface area (Å²) in [6, 6.07) is 13.5. The summed E-state index contributed by atoms with van der Waals surface area (Å²) < 4.78 is 1.73. The number of nitrogens with one attached hydrogen (secondary N) is 3. The van der Waals surface area contributed by atoms with Crippen LogP contribution in [0.5, 0.6) is 0 Å². The first-order chi connectivity index (χ1) is 15.2. The first-order valence-corrected chi connectivity index (χ1v) is 10.5. The second-order valence-corrected chi connectivity index (χ2v) is 8.49. The number of rotatable bonds is 5. The molecule has 4 amide bonds. The standard InChI is InChI=1S/C23H22ClN5O3/c1-13(2)19-18(12-25-29(19)17-9-7-15(24)8-10-17)20(30)26-16-6-4-5-14(11-16)23(3)21(31)27-22(32)28-23/h4-13H,1-3H3,(H,26,30)(H2,27,28,31,32). The molecule has 32 heavy (non-hydrogen) atoms. The number of nitrogens with zero attached hydrogens (tertiary/aromatic N) is 2. The lowest BCUT2D eigenvalue weighted by Crippen LogP contribution is -2.40. The summed E-state index contributed by atoms with van der Waals surface area (Å²) in [5.41, 5.74) is 1.85. The van der Waals surface area contributed by atoms with Crippen LogP contribution in [-0.2, 0) is 10.3 Å². The molecule has 1 aromatic heterocycles. The van der Waals surface area contributed by atoms with E-state index in [1.165, 1.54) is 6.20 Å². The van der Waals surface area contributed by atoms with Gasteiger partial charge in [-0.15, -0.1) is 0 Å². The second kappa shape index (κ2) is 8.12. The zero-order valence-corrected chi connectivity index (χ0v) is 18.5. The van der Waals surface area contributed by atoms with E-state index in [-0.39, 0.29) is 11.8 Å². The molecule has 1 aliphatic rings. The molecule has 1 aliphatic heterocycles. The van der Waals surface area contributed by atoms with Gasteiger partial charge in [-0.25, -0.2) is 9.48 Å². The van der Waals surface area contributed by atoms with Crippen LogP contribution >= 0.6 is 11.6 Å². The van der Waals surface area contributed by atoms with Gasteiger partial charge in [-0.3, -0.25) is 14.9 Å². The molecule has 0 radical (unpaired) electrons. The lowest BCUT2D eigenvalue weighted by molar-refractivity contribution is -0.123. The number of benzene rings is 2. The fraction of sp³-hybridized carbons (Fsp3) is 0.217. The predicted octanol–water partition coefficient (Wildman–Crippen LogP) is 3.96. The maximum atomic E-state index is 13.1. The highest BCUT2D eigenvalue weighted by molar-refractivity contribution is 6.30. The number of hydrogen-bond donors (Lipinski definition) is 3. The van der Waals surface area contributed by atoms with E-state index in [9.17, 15) is 14.4 Å². The van der Waals surface area contributed by atoms with E-state index in [0.29, 0.717) is 21.8 Å². The molecule has 3 aromatic rings. The molecule has 1 unspecified atom stereocenters. The minimum atomic E-state index is -1.21. The fourth-order valence-corrected chi connectivity index (χ4v) is 3.86. The first-order valence-electron chi connectivity index (χ1n) is 10.1. The summed E-state index contributed by atoms with van der Waals surface area (Å²) in [6.07, 6.45) is 1.54. The molecule has 1 fully saturated rings. The van der Waals surface area contributed by atoms with Crippen LogP contribution in [0, 0.1) is 0 Å². The SMILES string of the molecule is CC(C)c1c(C(=O)Nc2cccc(C3(C)NC(=O)NC3=O)c2)cnn1-c1ccc(Cl)cc1. The quantitative estimate of drug-likeness (QED) is 0.510. The molecule has 1 atom stereocenters. The largest absolute Gasteiger partial charge is 0.322 e. The van der Waals surface area contributed by atoms with E-state index in [0.717, 1.165) is 11.4 Å². The highest BCUT2D eigenvalue weighted by atomic mass is 35.5. The minimum absolute atomic E-state index is 0.0246. The van der Waals surface area contributed by atoms with Gasteiger partial charge in [0.2, 0.25) is 0 Å². The van der Waals surface area contributed by atoms with Gasteiger partial charge in [-0.05, 0) is 54.8 Å². The first kappa shape index (κ1) is 21.6. The van der Waals surface area contributed by atoms with Gasteiger partial charge in [0.1, 0.15) is 5.54 Å². The van der Waals surface area contributed by atoms with Crippen LogP contribution in [0.1, 0.15) is 48.3 Å². The van der Waals surface area contributed by atoms with Crippen LogP contribution in [0.3, 0.4) is 0 Å². The molecular weight excluding hydrogens is 430 g/mol. The number of imide groups is 1. The summed E-state index contributed by atoms with van der Waals surface area (Å²) in [7, 11) is 0. The van der Waals surface area contributed by atoms with Crippen LogP contribution in [0.25, 0.3) is 5.69 Å². The van der Waals surface area contributed by atoms with Gasteiger partial charge >= 0.3 is 6.03 Å². The third kappa shape index (κ3) is 3.85. The van der Waals surface area contributed by atoms with Gasteiger partial charge in [-0.2, -0.15) is 5.10 Å². The van der Waals surface area contributed by atoms with E-state index in [2.05, 4.69) is 21.0 Å². The summed E-state index contributed by atoms with van der Waals surface area (Å²) in [6.45, 7) is 5.59. The monoisotopic (exact) mass is 451 g/mol. The van der Waals surface area contributed by atoms with Gasteiger partial charge in [0.05, 0.1) is 23.1 Å². The highest BCUT2D eigenvalue weighted by Gasteiger charge is 2.43. The normalized spacial score (nSPS) is 17.9. The van der Waals surface area contributed by atoms with Gasteiger partial charge < -0.3 is 10.6 Å². The van der Waals surface area contributed by atoms with E-state index >= 15 is 0 Å². The molecule has 0 bridgehead atoms. The number of urea groups is 1. The number of amides is 4. The van der Waals surface area contributed by atoms with Crippen molar-refractivity contribution in [1.29, 1.82) is 0 Å². The minimum Gasteiger partial charge on any atom is -0.322 e. The molecule has 0 spiro atoms. The van der Waals surface area contributed by atoms with Crippen molar-refractivity contribution in [3.05, 3.63) is 76.6 Å². The Kier molecular flexibility index (Phi) is 5.48. The third-order valence-corrected chi connectivity index (χ3v) is 5.66. The van der Waals surface area contributed by atoms with E-state index < -0.39 is 17.5 Å². The number of carbonyl (C=O) groups is 3. The number of anilines is 1. The van der Waals surface area contributed by atoms with Crippen molar-refractivity contribution in [3.8, 4) is 5.69 Å². The Balaban J connectivity index is 1.63. The molecule has 4 rings (SSSR count). The maximum absolute atomic E-state index is 13.1. The Morgan fingerprint density at radius 3 is 2.50 bits per heavy atom. The van der Waals surface area contributed by atoms with E-state index in [1.807, 2.05) is 26.0 Å². The Hall–Kier alpha value is -3.65. The zero-order chi connectivity index (χ0) is 23.0. The van der Waals surface area contributed by atoms with Crippen molar-refractivity contribution in [1.82, 2.24) is 20.4 Å². The third-order valence-electron chi connectivity index (χ3n) is 5.41. The molecule has 0 saturated carbocycles. The van der Waals surface area contributed by atoms with E-state index in [4.69, 9.17) is 11.6 Å². The molecule has 2 heterocycles. The average molecular weight is 452 g/mol. The molecular formula is C23H22ClN5O3. The Morgan fingerprint density at radius 1 is 1.16 bits per heavy atom. The van der Waals surface area contributed by atoms with Gasteiger partial charge in [0.25, 0.3) is 11.8 Å². The number of halogens is 1. The van der Waals surface area contributed by atoms with Gasteiger partial charge in [0.15, 0.2) is 0 Å². The van der Waals surface area contributed by atoms with Crippen LogP contribution in [0.4, 0.5) is 10.5 Å². The van der Waals surface area contributed by atoms with Crippen molar-refractivity contribution in [2.75, 3.05) is 5.32 Å². The predicted molar refractivity (Wildman–Crippen MR) is 121 cm³/mol. The van der Waals surface area contributed by atoms with Crippen molar-refractivity contribution < 1.29 is 14.4 Å². The smallest absolute Gasteiger partial charge is 0.322 e. The zero-order valence-electron chi connectivity index (χ0n) is 17.8. The Bertz CT molecular complexity index is 1220. The van der Waals surface area contributed by atoms with Crippen molar-refractivity contribution in [3.63, 3.8) is 0 Å². The van der Waals surface area contributed by atoms with Crippen LogP contribution in [0.2, 0.25) is 5.02 Å². The molecule has 2 aromatic carbocycles. The topological polar surface area (TPSA) is 105 Å². The van der Waals surface area contributed by atoms with Crippen LogP contribution in [0.15, 0.2) is 54.7 Å². The molecule has 8 nitrogen and oxygen atoms in total. The molecule has 3 N–H and O–H groups in total. The maximum Gasteiger partial charge on any atom is 0.322 e.